The molecule has 0 saturated heterocycles. The first-order valence-electron chi connectivity index (χ1n) is 2.27. The maximum atomic E-state index is 3.87. The standard InChI is InChI=1S/C4H10N2S/c1-2-3-5-6-4-7/h3,6-7H,2,4H2,1H3. The third-order valence-electron chi connectivity index (χ3n) is 0.436. The van der Waals surface area contributed by atoms with E-state index in [2.05, 4.69) is 23.2 Å². The minimum atomic E-state index is 0.608. The normalized spacial score (nSPS) is 10.0. The van der Waals surface area contributed by atoms with E-state index in [-0.39, 0.29) is 0 Å². The van der Waals surface area contributed by atoms with Gasteiger partial charge in [0.25, 0.3) is 0 Å². The van der Waals surface area contributed by atoms with Crippen molar-refractivity contribution in [3.05, 3.63) is 0 Å². The van der Waals surface area contributed by atoms with Crippen LogP contribution in [0.15, 0.2) is 5.10 Å². The minimum absolute atomic E-state index is 0.608. The number of thiol groups is 1. The molecule has 7 heavy (non-hydrogen) atoms. The fourth-order valence-electron chi connectivity index (χ4n) is 0.197. The van der Waals surface area contributed by atoms with E-state index in [1.54, 1.807) is 6.21 Å². The van der Waals surface area contributed by atoms with Crippen LogP contribution in [0, 0.1) is 0 Å². The number of rotatable bonds is 3. The van der Waals surface area contributed by atoms with Gasteiger partial charge in [0.2, 0.25) is 0 Å². The van der Waals surface area contributed by atoms with Crippen LogP contribution < -0.4 is 5.43 Å². The summed E-state index contributed by atoms with van der Waals surface area (Å²) in [6.07, 6.45) is 2.77. The number of hydrogen-bond acceptors (Lipinski definition) is 3. The van der Waals surface area contributed by atoms with Gasteiger partial charge < -0.3 is 5.43 Å². The second kappa shape index (κ2) is 5.82. The zero-order valence-electron chi connectivity index (χ0n) is 4.39. The molecular formula is C4H10N2S. The van der Waals surface area contributed by atoms with Crippen LogP contribution in [0.2, 0.25) is 0 Å². The van der Waals surface area contributed by atoms with Crippen LogP contribution in [-0.4, -0.2) is 12.1 Å². The molecule has 0 aliphatic carbocycles. The molecule has 0 fully saturated rings. The average molecular weight is 118 g/mol. The van der Waals surface area contributed by atoms with Gasteiger partial charge in [-0.15, -0.1) is 0 Å². The van der Waals surface area contributed by atoms with E-state index in [9.17, 15) is 0 Å². The summed E-state index contributed by atoms with van der Waals surface area (Å²) in [5, 5.41) is 3.76. The summed E-state index contributed by atoms with van der Waals surface area (Å²) in [5.41, 5.74) is 2.68. The molecule has 0 spiro atoms. The van der Waals surface area contributed by atoms with E-state index in [1.165, 1.54) is 0 Å². The molecule has 0 heterocycles. The molecular weight excluding hydrogens is 108 g/mol. The number of nitrogens with one attached hydrogen (secondary N) is 1. The lowest BCUT2D eigenvalue weighted by Gasteiger charge is -1.86. The highest BCUT2D eigenvalue weighted by atomic mass is 32.1. The molecule has 0 aliphatic heterocycles. The predicted octanol–water partition coefficient (Wildman–Crippen LogP) is 0.859. The Hall–Kier alpha value is -0.180. The van der Waals surface area contributed by atoms with Crippen molar-refractivity contribution < 1.29 is 0 Å². The Balaban J connectivity index is 2.78. The van der Waals surface area contributed by atoms with E-state index >= 15 is 0 Å². The molecule has 0 aromatic carbocycles. The lowest BCUT2D eigenvalue weighted by molar-refractivity contribution is 0.877. The lowest BCUT2D eigenvalue weighted by Crippen LogP contribution is -1.99. The van der Waals surface area contributed by atoms with Gasteiger partial charge in [-0.2, -0.15) is 17.7 Å². The maximum absolute atomic E-state index is 3.87. The van der Waals surface area contributed by atoms with E-state index < -0.39 is 0 Å². The smallest absolute Gasteiger partial charge is 0.0754 e. The van der Waals surface area contributed by atoms with Crippen molar-refractivity contribution in [2.75, 3.05) is 5.88 Å². The van der Waals surface area contributed by atoms with Crippen LogP contribution in [-0.2, 0) is 0 Å². The Bertz CT molecular complexity index is 53.7. The zero-order valence-corrected chi connectivity index (χ0v) is 5.28. The molecule has 0 amide bonds. The summed E-state index contributed by atoms with van der Waals surface area (Å²) in [6.45, 7) is 2.03. The Kier molecular flexibility index (Phi) is 5.67. The zero-order chi connectivity index (χ0) is 5.54. The van der Waals surface area contributed by atoms with E-state index in [1.807, 2.05) is 6.92 Å². The van der Waals surface area contributed by atoms with Crippen molar-refractivity contribution >= 4 is 18.8 Å². The van der Waals surface area contributed by atoms with Gasteiger partial charge in [0, 0.05) is 6.21 Å². The van der Waals surface area contributed by atoms with Crippen molar-refractivity contribution in [2.45, 2.75) is 13.3 Å². The van der Waals surface area contributed by atoms with Crippen LogP contribution >= 0.6 is 12.6 Å². The summed E-state index contributed by atoms with van der Waals surface area (Å²) in [4.78, 5) is 0. The summed E-state index contributed by atoms with van der Waals surface area (Å²) in [7, 11) is 0. The summed E-state index contributed by atoms with van der Waals surface area (Å²) < 4.78 is 0. The first-order chi connectivity index (χ1) is 3.41. The Morgan fingerprint density at radius 2 is 2.57 bits per heavy atom. The Morgan fingerprint density at radius 1 is 1.86 bits per heavy atom. The molecule has 0 radical (unpaired) electrons. The first kappa shape index (κ1) is 6.82. The SMILES string of the molecule is CCC=NNCS. The molecule has 3 heteroatoms. The summed E-state index contributed by atoms with van der Waals surface area (Å²) >= 11 is 3.87. The van der Waals surface area contributed by atoms with Gasteiger partial charge in [0.05, 0.1) is 5.88 Å². The molecule has 0 rings (SSSR count). The monoisotopic (exact) mass is 118 g/mol. The van der Waals surface area contributed by atoms with E-state index in [0.29, 0.717) is 5.88 Å². The van der Waals surface area contributed by atoms with Gasteiger partial charge in [0.1, 0.15) is 0 Å². The van der Waals surface area contributed by atoms with Gasteiger partial charge in [0.15, 0.2) is 0 Å². The van der Waals surface area contributed by atoms with Crippen LogP contribution in [0.5, 0.6) is 0 Å². The van der Waals surface area contributed by atoms with Crippen LogP contribution in [0.4, 0.5) is 0 Å². The van der Waals surface area contributed by atoms with Crippen molar-refractivity contribution in [1.82, 2.24) is 5.43 Å². The third-order valence-corrected chi connectivity index (χ3v) is 0.577. The van der Waals surface area contributed by atoms with Crippen LogP contribution in [0.3, 0.4) is 0 Å². The average Bonchev–Trinajstić information content (AvgIpc) is 1.69. The summed E-state index contributed by atoms with van der Waals surface area (Å²) in [5.74, 6) is 0.608. The van der Waals surface area contributed by atoms with Gasteiger partial charge in [-0.25, -0.2) is 0 Å². The third kappa shape index (κ3) is 5.82. The molecule has 0 unspecified atom stereocenters. The van der Waals surface area contributed by atoms with Crippen LogP contribution in [0.25, 0.3) is 0 Å². The quantitative estimate of drug-likeness (QED) is 0.244. The molecule has 0 saturated carbocycles. The Morgan fingerprint density at radius 3 is 3.00 bits per heavy atom. The molecule has 0 aromatic heterocycles. The van der Waals surface area contributed by atoms with Gasteiger partial charge in [-0.3, -0.25) is 0 Å². The fraction of sp³-hybridized carbons (Fsp3) is 0.750. The lowest BCUT2D eigenvalue weighted by atomic mass is 10.6. The fourth-order valence-corrected chi connectivity index (χ4v) is 0.278. The molecule has 0 bridgehead atoms. The minimum Gasteiger partial charge on any atom is -0.301 e. The second-order valence-corrected chi connectivity index (χ2v) is 1.35. The van der Waals surface area contributed by atoms with Crippen LogP contribution in [0.1, 0.15) is 13.3 Å². The Labute approximate surface area is 49.4 Å². The molecule has 0 aliphatic rings. The predicted molar refractivity (Wildman–Crippen MR) is 35.8 cm³/mol. The highest BCUT2D eigenvalue weighted by molar-refractivity contribution is 7.80. The van der Waals surface area contributed by atoms with Gasteiger partial charge >= 0.3 is 0 Å². The van der Waals surface area contributed by atoms with E-state index in [0.717, 1.165) is 6.42 Å². The molecule has 0 atom stereocenters. The number of hydrazone groups is 1. The highest BCUT2D eigenvalue weighted by Crippen LogP contribution is 1.66. The number of nitrogens with zero attached hydrogens (tertiary/aromatic N) is 1. The van der Waals surface area contributed by atoms with E-state index in [4.69, 9.17) is 0 Å². The second-order valence-electron chi connectivity index (χ2n) is 1.04. The number of hydrogen-bond donors (Lipinski definition) is 2. The molecule has 1 N–H and O–H groups in total. The molecule has 0 aromatic rings. The molecule has 2 nitrogen and oxygen atoms in total. The first-order valence-corrected chi connectivity index (χ1v) is 2.90. The van der Waals surface area contributed by atoms with Crippen molar-refractivity contribution in [2.24, 2.45) is 5.10 Å². The van der Waals surface area contributed by atoms with Crippen molar-refractivity contribution in [3.63, 3.8) is 0 Å². The highest BCUT2D eigenvalue weighted by Gasteiger charge is 1.64. The van der Waals surface area contributed by atoms with Crippen molar-refractivity contribution in [1.29, 1.82) is 0 Å². The topological polar surface area (TPSA) is 24.4 Å². The van der Waals surface area contributed by atoms with Gasteiger partial charge in [-0.05, 0) is 6.42 Å². The molecule has 42 valence electrons. The largest absolute Gasteiger partial charge is 0.301 e. The van der Waals surface area contributed by atoms with Crippen molar-refractivity contribution in [3.8, 4) is 0 Å². The summed E-state index contributed by atoms with van der Waals surface area (Å²) in [6, 6.07) is 0. The maximum Gasteiger partial charge on any atom is 0.0754 e. The van der Waals surface area contributed by atoms with Gasteiger partial charge in [-0.1, -0.05) is 6.92 Å².